The normalized spacial score (nSPS) is 10.7. The molecule has 0 saturated carbocycles. The van der Waals surface area contributed by atoms with Crippen LogP contribution < -0.4 is 16.4 Å². The van der Waals surface area contributed by atoms with Crippen LogP contribution in [0.15, 0.2) is 77.4 Å². The third-order valence-corrected chi connectivity index (χ3v) is 4.35. The van der Waals surface area contributed by atoms with Gasteiger partial charge in [0.2, 0.25) is 5.91 Å². The molecule has 0 spiro atoms. The van der Waals surface area contributed by atoms with Crippen LogP contribution in [0, 0.1) is 0 Å². The maximum absolute atomic E-state index is 12.0. The van der Waals surface area contributed by atoms with E-state index in [0.29, 0.717) is 6.54 Å². The van der Waals surface area contributed by atoms with E-state index in [1.807, 2.05) is 60.7 Å². The number of halogens is 1. The molecule has 3 rings (SSSR count). The third kappa shape index (κ3) is 5.77. The molecule has 0 atom stereocenters. The first-order valence-corrected chi connectivity index (χ1v) is 9.24. The molecular formula is C21H20BrN4O+. The van der Waals surface area contributed by atoms with Crippen molar-refractivity contribution in [1.82, 2.24) is 4.98 Å². The molecule has 0 radical (unpaired) electrons. The fourth-order valence-corrected chi connectivity index (χ4v) is 2.64. The molecule has 1 heterocycles. The second-order valence-corrected chi connectivity index (χ2v) is 6.85. The minimum atomic E-state index is -0.182. The summed E-state index contributed by atoms with van der Waals surface area (Å²) in [7, 11) is 0. The highest BCUT2D eigenvalue weighted by atomic mass is 79.9. The number of rotatable bonds is 6. The predicted molar refractivity (Wildman–Crippen MR) is 112 cm³/mol. The molecule has 1 amide bonds. The first-order valence-electron chi connectivity index (χ1n) is 8.44. The van der Waals surface area contributed by atoms with Crippen LogP contribution in [0.2, 0.25) is 0 Å². The van der Waals surface area contributed by atoms with Crippen LogP contribution >= 0.6 is 15.9 Å². The number of carbonyl (C=O) groups excluding carboxylic acids is 1. The fraction of sp³-hybridized carbons (Fsp3) is 0.0476. The average molecular weight is 424 g/mol. The van der Waals surface area contributed by atoms with Gasteiger partial charge in [0.15, 0.2) is 5.69 Å². The highest BCUT2D eigenvalue weighted by Gasteiger charge is 2.03. The molecule has 0 aliphatic rings. The molecule has 0 saturated heterocycles. The summed E-state index contributed by atoms with van der Waals surface area (Å²) < 4.78 is 0.951. The van der Waals surface area contributed by atoms with Crippen molar-refractivity contribution in [2.75, 3.05) is 10.6 Å². The molecule has 1 aromatic heterocycles. The topological polar surface area (TPSA) is 81.7 Å². The lowest BCUT2D eigenvalue weighted by atomic mass is 10.1. The van der Waals surface area contributed by atoms with Gasteiger partial charge in [-0.15, -0.1) is 0 Å². The fourth-order valence-electron chi connectivity index (χ4n) is 2.41. The Morgan fingerprint density at radius 2 is 1.85 bits per heavy atom. The molecule has 136 valence electrons. The quantitative estimate of drug-likeness (QED) is 0.524. The summed E-state index contributed by atoms with van der Waals surface area (Å²) in [4.78, 5) is 16.3. The summed E-state index contributed by atoms with van der Waals surface area (Å²) in [5.41, 5.74) is 7.49. The Labute approximate surface area is 166 Å². The van der Waals surface area contributed by atoms with Gasteiger partial charge in [0.25, 0.3) is 0 Å². The van der Waals surface area contributed by atoms with E-state index in [0.717, 1.165) is 32.8 Å². The summed E-state index contributed by atoms with van der Waals surface area (Å²) in [6.45, 7) is 0.680. The molecule has 5 N–H and O–H groups in total. The van der Waals surface area contributed by atoms with Crippen molar-refractivity contribution < 1.29 is 10.5 Å². The maximum Gasteiger partial charge on any atom is 0.248 e. The zero-order chi connectivity index (χ0) is 19.1. The van der Waals surface area contributed by atoms with Gasteiger partial charge in [-0.2, -0.15) is 0 Å². The van der Waals surface area contributed by atoms with Gasteiger partial charge in [0, 0.05) is 29.4 Å². The molecule has 0 bridgehead atoms. The van der Waals surface area contributed by atoms with Gasteiger partial charge in [-0.25, -0.2) is 4.98 Å². The van der Waals surface area contributed by atoms with Crippen LogP contribution in [0.5, 0.6) is 0 Å². The van der Waals surface area contributed by atoms with Crippen LogP contribution in [0.4, 0.5) is 17.2 Å². The van der Waals surface area contributed by atoms with Crippen molar-refractivity contribution in [3.63, 3.8) is 0 Å². The van der Waals surface area contributed by atoms with Crippen molar-refractivity contribution in [2.45, 2.75) is 6.54 Å². The minimum Gasteiger partial charge on any atom is -0.366 e. The molecule has 2 aromatic carbocycles. The van der Waals surface area contributed by atoms with Crippen LogP contribution in [-0.2, 0) is 11.3 Å². The second kappa shape index (κ2) is 9.12. The zero-order valence-electron chi connectivity index (χ0n) is 14.7. The van der Waals surface area contributed by atoms with E-state index in [4.69, 9.17) is 0 Å². The summed E-state index contributed by atoms with van der Waals surface area (Å²) in [6.07, 6.45) is 5.06. The highest BCUT2D eigenvalue weighted by Crippen LogP contribution is 2.15. The average Bonchev–Trinajstić information content (AvgIpc) is 2.68. The first kappa shape index (κ1) is 18.8. The van der Waals surface area contributed by atoms with Gasteiger partial charge in [-0.05, 0) is 51.3 Å². The Bertz CT molecular complexity index is 937. The Morgan fingerprint density at radius 3 is 2.56 bits per heavy atom. The van der Waals surface area contributed by atoms with E-state index in [1.54, 1.807) is 12.3 Å². The molecule has 6 heteroatoms. The van der Waals surface area contributed by atoms with E-state index in [9.17, 15) is 4.79 Å². The molecule has 0 fully saturated rings. The number of para-hydroxylation sites is 1. The van der Waals surface area contributed by atoms with Crippen molar-refractivity contribution in [3.8, 4) is 0 Å². The van der Waals surface area contributed by atoms with E-state index in [-0.39, 0.29) is 5.91 Å². The molecule has 27 heavy (non-hydrogen) atoms. The lowest BCUT2D eigenvalue weighted by molar-refractivity contribution is -0.253. The van der Waals surface area contributed by atoms with Gasteiger partial charge >= 0.3 is 0 Å². The van der Waals surface area contributed by atoms with E-state index >= 15 is 0 Å². The maximum atomic E-state index is 12.0. The molecule has 0 aliphatic heterocycles. The van der Waals surface area contributed by atoms with E-state index in [2.05, 4.69) is 37.3 Å². The number of pyridine rings is 1. The van der Waals surface area contributed by atoms with Gasteiger partial charge in [-0.3, -0.25) is 4.79 Å². The van der Waals surface area contributed by atoms with Crippen molar-refractivity contribution in [1.29, 1.82) is 0 Å². The molecule has 3 aromatic rings. The number of nitrogens with one attached hydrogen (secondary N) is 2. The lowest BCUT2D eigenvalue weighted by Gasteiger charge is -2.06. The molecular weight excluding hydrogens is 404 g/mol. The summed E-state index contributed by atoms with van der Waals surface area (Å²) in [6, 6.07) is 19.3. The van der Waals surface area contributed by atoms with E-state index < -0.39 is 0 Å². The standard InChI is InChI=1S/C21H19BrN4O/c22-17-10-11-20(25-14-17)24-13-16-7-5-15(6-8-16)9-12-21(27)26-19-4-2-1-3-18(19)23/h1-12,14H,13,23H2,(H,24,25)(H,26,27)/p+1. The summed E-state index contributed by atoms with van der Waals surface area (Å²) in [5.74, 6) is 0.641. The SMILES string of the molecule is [NH3+]c1ccccc1NC(=O)C=Cc1ccc(CNc2ccc(Br)cn2)cc1. The number of hydrogen-bond donors (Lipinski definition) is 3. The second-order valence-electron chi connectivity index (χ2n) is 5.94. The summed E-state index contributed by atoms with van der Waals surface area (Å²) in [5, 5.41) is 6.10. The molecule has 5 nitrogen and oxygen atoms in total. The number of hydrogen-bond acceptors (Lipinski definition) is 3. The Kier molecular flexibility index (Phi) is 6.35. The summed E-state index contributed by atoms with van der Waals surface area (Å²) >= 11 is 3.37. The van der Waals surface area contributed by atoms with Crippen molar-refractivity contribution in [2.24, 2.45) is 0 Å². The smallest absolute Gasteiger partial charge is 0.248 e. The number of benzene rings is 2. The number of amides is 1. The van der Waals surface area contributed by atoms with Gasteiger partial charge in [-0.1, -0.05) is 36.4 Å². The molecule has 0 unspecified atom stereocenters. The lowest BCUT2D eigenvalue weighted by Crippen LogP contribution is -2.41. The number of quaternary nitrogens is 1. The zero-order valence-corrected chi connectivity index (χ0v) is 16.2. The largest absolute Gasteiger partial charge is 0.366 e. The number of anilines is 2. The number of aromatic nitrogens is 1. The van der Waals surface area contributed by atoms with Crippen LogP contribution in [0.25, 0.3) is 6.08 Å². The van der Waals surface area contributed by atoms with E-state index in [1.165, 1.54) is 6.08 Å². The highest BCUT2D eigenvalue weighted by molar-refractivity contribution is 9.10. The monoisotopic (exact) mass is 423 g/mol. The van der Waals surface area contributed by atoms with Crippen molar-refractivity contribution in [3.05, 3.63) is 88.5 Å². The molecule has 0 aliphatic carbocycles. The van der Waals surface area contributed by atoms with Crippen LogP contribution in [0.3, 0.4) is 0 Å². The Balaban J connectivity index is 1.53. The Morgan fingerprint density at radius 1 is 1.07 bits per heavy atom. The van der Waals surface area contributed by atoms with Gasteiger partial charge in [0.1, 0.15) is 11.5 Å². The Hall–Kier alpha value is -2.96. The third-order valence-electron chi connectivity index (χ3n) is 3.88. The van der Waals surface area contributed by atoms with Crippen molar-refractivity contribution >= 4 is 45.1 Å². The van der Waals surface area contributed by atoms with Crippen LogP contribution in [-0.4, -0.2) is 10.9 Å². The first-order chi connectivity index (χ1) is 13.1. The predicted octanol–water partition coefficient (Wildman–Crippen LogP) is 3.98. The number of nitrogens with zero attached hydrogens (tertiary/aromatic N) is 1. The minimum absolute atomic E-state index is 0.182. The van der Waals surface area contributed by atoms with Crippen LogP contribution in [0.1, 0.15) is 11.1 Å². The van der Waals surface area contributed by atoms with Gasteiger partial charge < -0.3 is 16.4 Å². The number of carbonyl (C=O) groups is 1. The van der Waals surface area contributed by atoms with Gasteiger partial charge in [0.05, 0.1) is 0 Å².